The van der Waals surface area contributed by atoms with E-state index in [4.69, 9.17) is 11.6 Å². The molecule has 3 heteroatoms. The molecule has 1 rings (SSSR count). The average molecular weight is 286 g/mol. The summed E-state index contributed by atoms with van der Waals surface area (Å²) in [5, 5.41) is 0.572. The molecule has 0 aromatic heterocycles. The SMILES string of the molecule is CC#CCCC(=O)c1cc(Cl)ccc1Br. The van der Waals surface area contributed by atoms with Gasteiger partial charge in [0.05, 0.1) is 0 Å². The summed E-state index contributed by atoms with van der Waals surface area (Å²) in [6.07, 6.45) is 1.02. The summed E-state index contributed by atoms with van der Waals surface area (Å²) < 4.78 is 0.779. The molecule has 1 nitrogen and oxygen atoms in total. The van der Waals surface area contributed by atoms with Crippen molar-refractivity contribution >= 4 is 33.3 Å². The van der Waals surface area contributed by atoms with E-state index in [2.05, 4.69) is 27.8 Å². The Bertz CT molecular complexity index is 429. The first-order valence-corrected chi connectivity index (χ1v) is 5.70. The van der Waals surface area contributed by atoms with Crippen molar-refractivity contribution in [3.63, 3.8) is 0 Å². The third kappa shape index (κ3) is 3.70. The second-order valence-electron chi connectivity index (χ2n) is 2.97. The van der Waals surface area contributed by atoms with Crippen LogP contribution in [0.15, 0.2) is 22.7 Å². The Labute approximate surface area is 103 Å². The van der Waals surface area contributed by atoms with Crippen molar-refractivity contribution < 1.29 is 4.79 Å². The van der Waals surface area contributed by atoms with Crippen molar-refractivity contribution in [1.29, 1.82) is 0 Å². The van der Waals surface area contributed by atoms with E-state index in [1.807, 2.05) is 0 Å². The van der Waals surface area contributed by atoms with E-state index in [1.165, 1.54) is 0 Å². The van der Waals surface area contributed by atoms with Crippen molar-refractivity contribution in [3.8, 4) is 11.8 Å². The zero-order chi connectivity index (χ0) is 11.3. The van der Waals surface area contributed by atoms with E-state index in [0.29, 0.717) is 23.4 Å². The number of halogens is 2. The van der Waals surface area contributed by atoms with Crippen molar-refractivity contribution in [2.75, 3.05) is 0 Å². The van der Waals surface area contributed by atoms with Gasteiger partial charge in [-0.1, -0.05) is 27.5 Å². The van der Waals surface area contributed by atoms with Crippen LogP contribution in [0.25, 0.3) is 0 Å². The quantitative estimate of drug-likeness (QED) is 0.604. The van der Waals surface area contributed by atoms with Crippen LogP contribution in [0.2, 0.25) is 5.02 Å². The van der Waals surface area contributed by atoms with Crippen LogP contribution in [-0.4, -0.2) is 5.78 Å². The van der Waals surface area contributed by atoms with Crippen LogP contribution in [0.4, 0.5) is 0 Å². The standard InChI is InChI=1S/C12H10BrClO/c1-2-3-4-5-12(15)10-8-9(14)6-7-11(10)13/h6-8H,4-5H2,1H3. The average Bonchev–Trinajstić information content (AvgIpc) is 2.22. The summed E-state index contributed by atoms with van der Waals surface area (Å²) in [6, 6.07) is 5.20. The van der Waals surface area contributed by atoms with Crippen LogP contribution in [0.5, 0.6) is 0 Å². The molecule has 0 unspecified atom stereocenters. The summed E-state index contributed by atoms with van der Waals surface area (Å²) in [6.45, 7) is 1.76. The van der Waals surface area contributed by atoms with Gasteiger partial charge in [-0.05, 0) is 25.1 Å². The maximum Gasteiger partial charge on any atom is 0.165 e. The Kier molecular flexibility index (Phi) is 4.87. The lowest BCUT2D eigenvalue weighted by Gasteiger charge is -2.02. The first-order chi connectivity index (χ1) is 7.15. The number of hydrogen-bond acceptors (Lipinski definition) is 1. The summed E-state index contributed by atoms with van der Waals surface area (Å²) in [5.41, 5.74) is 0.625. The van der Waals surface area contributed by atoms with Gasteiger partial charge in [0.1, 0.15) is 0 Å². The van der Waals surface area contributed by atoms with Gasteiger partial charge in [0.25, 0.3) is 0 Å². The number of carbonyl (C=O) groups is 1. The molecule has 0 fully saturated rings. The molecule has 0 saturated heterocycles. The summed E-state index contributed by atoms with van der Waals surface area (Å²) in [7, 11) is 0. The Hall–Kier alpha value is -0.780. The number of Topliss-reactive ketones (excluding diaryl/α,β-unsaturated/α-hetero) is 1. The molecule has 0 saturated carbocycles. The van der Waals surface area contributed by atoms with E-state index in [-0.39, 0.29) is 5.78 Å². The number of hydrogen-bond donors (Lipinski definition) is 0. The molecule has 0 heterocycles. The van der Waals surface area contributed by atoms with Crippen LogP contribution in [0.3, 0.4) is 0 Å². The van der Waals surface area contributed by atoms with E-state index in [0.717, 1.165) is 4.47 Å². The molecule has 0 radical (unpaired) electrons. The van der Waals surface area contributed by atoms with Crippen molar-refractivity contribution in [2.45, 2.75) is 19.8 Å². The highest BCUT2D eigenvalue weighted by atomic mass is 79.9. The topological polar surface area (TPSA) is 17.1 Å². The maximum atomic E-state index is 11.7. The Morgan fingerprint density at radius 3 is 2.93 bits per heavy atom. The van der Waals surface area contributed by atoms with Crippen LogP contribution in [0.1, 0.15) is 30.1 Å². The lowest BCUT2D eigenvalue weighted by atomic mass is 10.1. The Balaban J connectivity index is 2.80. The van der Waals surface area contributed by atoms with Crippen LogP contribution in [0, 0.1) is 11.8 Å². The van der Waals surface area contributed by atoms with Crippen molar-refractivity contribution in [1.82, 2.24) is 0 Å². The molecule has 1 aromatic carbocycles. The van der Waals surface area contributed by atoms with Crippen LogP contribution < -0.4 is 0 Å². The monoisotopic (exact) mass is 284 g/mol. The number of carbonyl (C=O) groups excluding carboxylic acids is 1. The van der Waals surface area contributed by atoms with Crippen molar-refractivity contribution in [2.24, 2.45) is 0 Å². The molecule has 0 aliphatic rings. The second-order valence-corrected chi connectivity index (χ2v) is 4.26. The summed E-state index contributed by atoms with van der Waals surface area (Å²) in [4.78, 5) is 11.7. The highest BCUT2D eigenvalue weighted by Gasteiger charge is 2.09. The van der Waals surface area contributed by atoms with Crippen LogP contribution in [-0.2, 0) is 0 Å². The number of benzene rings is 1. The zero-order valence-electron chi connectivity index (χ0n) is 8.31. The lowest BCUT2D eigenvalue weighted by molar-refractivity contribution is 0.0983. The highest BCUT2D eigenvalue weighted by molar-refractivity contribution is 9.10. The molecule has 0 amide bonds. The molecule has 0 spiro atoms. The molecular formula is C12H10BrClO. The Morgan fingerprint density at radius 2 is 2.27 bits per heavy atom. The van der Waals surface area contributed by atoms with Gasteiger partial charge in [-0.2, -0.15) is 0 Å². The van der Waals surface area contributed by atoms with Gasteiger partial charge in [0.15, 0.2) is 5.78 Å². The molecule has 0 aliphatic carbocycles. The minimum atomic E-state index is 0.0622. The first kappa shape index (κ1) is 12.3. The maximum absolute atomic E-state index is 11.7. The van der Waals surface area contributed by atoms with Gasteiger partial charge in [-0.25, -0.2) is 0 Å². The molecule has 15 heavy (non-hydrogen) atoms. The number of rotatable bonds is 3. The molecule has 0 bridgehead atoms. The van der Waals surface area contributed by atoms with Gasteiger partial charge >= 0.3 is 0 Å². The highest BCUT2D eigenvalue weighted by Crippen LogP contribution is 2.22. The summed E-state index contributed by atoms with van der Waals surface area (Å²) in [5.74, 6) is 5.69. The second kappa shape index (κ2) is 5.95. The molecule has 0 aliphatic heterocycles. The first-order valence-electron chi connectivity index (χ1n) is 4.53. The van der Waals surface area contributed by atoms with Gasteiger partial charge in [0, 0.05) is 27.9 Å². The fourth-order valence-electron chi connectivity index (χ4n) is 1.15. The normalized spacial score (nSPS) is 9.27. The third-order valence-electron chi connectivity index (χ3n) is 1.88. The number of ketones is 1. The minimum Gasteiger partial charge on any atom is -0.294 e. The molecule has 0 atom stereocenters. The van der Waals surface area contributed by atoms with Gasteiger partial charge in [-0.3, -0.25) is 4.79 Å². The predicted octanol–water partition coefficient (Wildman–Crippen LogP) is 4.09. The van der Waals surface area contributed by atoms with Gasteiger partial charge in [-0.15, -0.1) is 11.8 Å². The van der Waals surface area contributed by atoms with Crippen LogP contribution >= 0.6 is 27.5 Å². The van der Waals surface area contributed by atoms with E-state index in [1.54, 1.807) is 25.1 Å². The summed E-state index contributed by atoms with van der Waals surface area (Å²) >= 11 is 9.15. The van der Waals surface area contributed by atoms with E-state index >= 15 is 0 Å². The van der Waals surface area contributed by atoms with E-state index in [9.17, 15) is 4.79 Å². The van der Waals surface area contributed by atoms with Gasteiger partial charge in [0.2, 0.25) is 0 Å². The minimum absolute atomic E-state index is 0.0622. The van der Waals surface area contributed by atoms with Gasteiger partial charge < -0.3 is 0 Å². The molecule has 78 valence electrons. The molecule has 1 aromatic rings. The largest absolute Gasteiger partial charge is 0.294 e. The predicted molar refractivity (Wildman–Crippen MR) is 66.2 cm³/mol. The fraction of sp³-hybridized carbons (Fsp3) is 0.250. The zero-order valence-corrected chi connectivity index (χ0v) is 10.7. The third-order valence-corrected chi connectivity index (χ3v) is 2.81. The molecular weight excluding hydrogens is 275 g/mol. The Morgan fingerprint density at radius 1 is 1.53 bits per heavy atom. The smallest absolute Gasteiger partial charge is 0.165 e. The van der Waals surface area contributed by atoms with E-state index < -0.39 is 0 Å². The fourth-order valence-corrected chi connectivity index (χ4v) is 1.79. The molecule has 0 N–H and O–H groups in total. The van der Waals surface area contributed by atoms with Crippen molar-refractivity contribution in [3.05, 3.63) is 33.3 Å². The lowest BCUT2D eigenvalue weighted by Crippen LogP contribution is -1.99.